The summed E-state index contributed by atoms with van der Waals surface area (Å²) in [6, 6.07) is 5.76. The first-order valence-electron chi connectivity index (χ1n) is 7.28. The average Bonchev–Trinajstić information content (AvgIpc) is 2.47. The van der Waals surface area contributed by atoms with Gasteiger partial charge >= 0.3 is 0 Å². The average molecular weight is 282 g/mol. The molecule has 3 heteroatoms. The lowest BCUT2D eigenvalue weighted by atomic mass is 9.74. The van der Waals surface area contributed by atoms with Crippen molar-refractivity contribution in [2.75, 3.05) is 18.0 Å². The molecule has 0 radical (unpaired) electrons. The van der Waals surface area contributed by atoms with Gasteiger partial charge in [0, 0.05) is 29.4 Å². The van der Waals surface area contributed by atoms with Crippen LogP contribution in [0.4, 0.5) is 5.69 Å². The molecule has 0 bridgehead atoms. The zero-order chi connectivity index (χ0) is 13.9. The van der Waals surface area contributed by atoms with Crippen molar-refractivity contribution in [1.82, 2.24) is 0 Å². The SMILES string of the molecule is CCC1(CC)CCN(c2cc(Cl)ccc2CO)CC1. The quantitative estimate of drug-likeness (QED) is 0.892. The summed E-state index contributed by atoms with van der Waals surface area (Å²) in [6.07, 6.45) is 4.99. The van der Waals surface area contributed by atoms with Crippen LogP contribution in [0.15, 0.2) is 18.2 Å². The molecule has 0 saturated carbocycles. The number of anilines is 1. The van der Waals surface area contributed by atoms with Crippen LogP contribution < -0.4 is 4.90 Å². The highest BCUT2D eigenvalue weighted by atomic mass is 35.5. The summed E-state index contributed by atoms with van der Waals surface area (Å²) >= 11 is 6.10. The number of nitrogens with zero attached hydrogens (tertiary/aromatic N) is 1. The third kappa shape index (κ3) is 3.06. The van der Waals surface area contributed by atoms with Crippen molar-refractivity contribution >= 4 is 17.3 Å². The highest BCUT2D eigenvalue weighted by Gasteiger charge is 2.31. The van der Waals surface area contributed by atoms with E-state index in [1.165, 1.54) is 25.7 Å². The molecule has 106 valence electrons. The summed E-state index contributed by atoms with van der Waals surface area (Å²) in [5.74, 6) is 0. The predicted octanol–water partition coefficient (Wildman–Crippen LogP) is 4.24. The standard InChI is InChI=1S/C16H24ClNO/c1-3-16(4-2)7-9-18(10-8-16)15-11-14(17)6-5-13(15)12-19/h5-6,11,19H,3-4,7-10,12H2,1-2H3. The minimum Gasteiger partial charge on any atom is -0.392 e. The van der Waals surface area contributed by atoms with Gasteiger partial charge < -0.3 is 10.0 Å². The van der Waals surface area contributed by atoms with Gasteiger partial charge in [-0.2, -0.15) is 0 Å². The minimum absolute atomic E-state index is 0.0791. The van der Waals surface area contributed by atoms with E-state index in [2.05, 4.69) is 18.7 Å². The second-order valence-electron chi connectivity index (χ2n) is 5.63. The van der Waals surface area contributed by atoms with Gasteiger partial charge in [0.1, 0.15) is 0 Å². The topological polar surface area (TPSA) is 23.5 Å². The molecule has 1 heterocycles. The Kier molecular flexibility index (Phi) is 4.75. The third-order valence-electron chi connectivity index (χ3n) is 4.88. The van der Waals surface area contributed by atoms with E-state index in [1.54, 1.807) is 0 Å². The van der Waals surface area contributed by atoms with E-state index in [0.717, 1.165) is 29.4 Å². The van der Waals surface area contributed by atoms with Crippen molar-refractivity contribution in [3.05, 3.63) is 28.8 Å². The molecule has 1 fully saturated rings. The molecule has 1 aliphatic rings. The highest BCUT2D eigenvalue weighted by molar-refractivity contribution is 6.30. The molecule has 0 amide bonds. The zero-order valence-electron chi connectivity index (χ0n) is 12.0. The molecule has 0 unspecified atom stereocenters. The van der Waals surface area contributed by atoms with Gasteiger partial charge in [0.2, 0.25) is 0 Å². The molecule has 1 aromatic rings. The Balaban J connectivity index is 2.15. The first-order chi connectivity index (χ1) is 9.14. The summed E-state index contributed by atoms with van der Waals surface area (Å²) in [7, 11) is 0. The van der Waals surface area contributed by atoms with Gasteiger partial charge in [0.05, 0.1) is 6.61 Å². The summed E-state index contributed by atoms with van der Waals surface area (Å²) in [5.41, 5.74) is 2.61. The molecule has 1 aliphatic heterocycles. The Bertz CT molecular complexity index is 419. The first kappa shape index (κ1) is 14.7. The van der Waals surface area contributed by atoms with Crippen LogP contribution in [-0.2, 0) is 6.61 Å². The highest BCUT2D eigenvalue weighted by Crippen LogP contribution is 2.40. The number of hydrogen-bond donors (Lipinski definition) is 1. The fourth-order valence-electron chi connectivity index (χ4n) is 3.14. The first-order valence-corrected chi connectivity index (χ1v) is 7.66. The van der Waals surface area contributed by atoms with E-state index >= 15 is 0 Å². The van der Waals surface area contributed by atoms with Gasteiger partial charge in [0.15, 0.2) is 0 Å². The molecule has 1 saturated heterocycles. The van der Waals surface area contributed by atoms with E-state index in [-0.39, 0.29) is 6.61 Å². The zero-order valence-corrected chi connectivity index (χ0v) is 12.7. The number of aliphatic hydroxyl groups is 1. The Morgan fingerprint density at radius 1 is 1.21 bits per heavy atom. The molecule has 1 N–H and O–H groups in total. The molecular formula is C16H24ClNO. The minimum atomic E-state index is 0.0791. The molecule has 19 heavy (non-hydrogen) atoms. The van der Waals surface area contributed by atoms with Crippen LogP contribution in [0.2, 0.25) is 5.02 Å². The van der Waals surface area contributed by atoms with Crippen molar-refractivity contribution in [3.8, 4) is 0 Å². The molecule has 0 spiro atoms. The molecular weight excluding hydrogens is 258 g/mol. The van der Waals surface area contributed by atoms with Gasteiger partial charge in [-0.05, 0) is 30.4 Å². The molecule has 0 aromatic heterocycles. The van der Waals surface area contributed by atoms with E-state index < -0.39 is 0 Å². The Morgan fingerprint density at radius 2 is 1.84 bits per heavy atom. The van der Waals surface area contributed by atoms with Crippen molar-refractivity contribution < 1.29 is 5.11 Å². The summed E-state index contributed by atoms with van der Waals surface area (Å²) in [5, 5.41) is 10.2. The van der Waals surface area contributed by atoms with E-state index in [4.69, 9.17) is 11.6 Å². The summed E-state index contributed by atoms with van der Waals surface area (Å²) in [4.78, 5) is 2.38. The maximum absolute atomic E-state index is 9.47. The van der Waals surface area contributed by atoms with Gasteiger partial charge in [-0.25, -0.2) is 0 Å². The third-order valence-corrected chi connectivity index (χ3v) is 5.12. The smallest absolute Gasteiger partial charge is 0.0702 e. The van der Waals surface area contributed by atoms with Crippen LogP contribution in [0.1, 0.15) is 45.1 Å². The number of piperidine rings is 1. The van der Waals surface area contributed by atoms with Crippen molar-refractivity contribution in [2.45, 2.75) is 46.1 Å². The van der Waals surface area contributed by atoms with Gasteiger partial charge in [-0.3, -0.25) is 0 Å². The number of benzene rings is 1. The van der Waals surface area contributed by atoms with Crippen molar-refractivity contribution in [1.29, 1.82) is 0 Å². The Morgan fingerprint density at radius 3 is 2.37 bits per heavy atom. The second-order valence-corrected chi connectivity index (χ2v) is 6.06. The van der Waals surface area contributed by atoms with Crippen LogP contribution in [0, 0.1) is 5.41 Å². The van der Waals surface area contributed by atoms with Gasteiger partial charge in [-0.15, -0.1) is 0 Å². The molecule has 0 atom stereocenters. The normalized spacial score (nSPS) is 18.6. The molecule has 2 nitrogen and oxygen atoms in total. The maximum atomic E-state index is 9.47. The van der Waals surface area contributed by atoms with E-state index in [0.29, 0.717) is 5.41 Å². The summed E-state index contributed by atoms with van der Waals surface area (Å²) in [6.45, 7) is 6.81. The lowest BCUT2D eigenvalue weighted by Gasteiger charge is -2.42. The number of rotatable bonds is 4. The predicted molar refractivity (Wildman–Crippen MR) is 81.8 cm³/mol. The maximum Gasteiger partial charge on any atom is 0.0702 e. The molecule has 0 aliphatic carbocycles. The number of aliphatic hydroxyl groups excluding tert-OH is 1. The van der Waals surface area contributed by atoms with Crippen LogP contribution in [0.25, 0.3) is 0 Å². The monoisotopic (exact) mass is 281 g/mol. The van der Waals surface area contributed by atoms with E-state index in [1.807, 2.05) is 18.2 Å². The second kappa shape index (κ2) is 6.15. The van der Waals surface area contributed by atoms with Crippen LogP contribution in [-0.4, -0.2) is 18.2 Å². The van der Waals surface area contributed by atoms with Gasteiger partial charge in [0.25, 0.3) is 0 Å². The lowest BCUT2D eigenvalue weighted by molar-refractivity contribution is 0.199. The van der Waals surface area contributed by atoms with E-state index in [9.17, 15) is 5.11 Å². The number of halogens is 1. The fourth-order valence-corrected chi connectivity index (χ4v) is 3.31. The Hall–Kier alpha value is -0.730. The summed E-state index contributed by atoms with van der Waals surface area (Å²) < 4.78 is 0. The number of hydrogen-bond acceptors (Lipinski definition) is 2. The van der Waals surface area contributed by atoms with Crippen molar-refractivity contribution in [2.24, 2.45) is 5.41 Å². The largest absolute Gasteiger partial charge is 0.392 e. The Labute approximate surface area is 121 Å². The fraction of sp³-hybridized carbons (Fsp3) is 0.625. The van der Waals surface area contributed by atoms with Crippen LogP contribution in [0.3, 0.4) is 0 Å². The lowest BCUT2D eigenvalue weighted by Crippen LogP contribution is -2.40. The van der Waals surface area contributed by atoms with Crippen LogP contribution in [0.5, 0.6) is 0 Å². The molecule has 2 rings (SSSR count). The van der Waals surface area contributed by atoms with Crippen molar-refractivity contribution in [3.63, 3.8) is 0 Å². The van der Waals surface area contributed by atoms with Gasteiger partial charge in [-0.1, -0.05) is 44.4 Å². The van der Waals surface area contributed by atoms with Crippen LogP contribution >= 0.6 is 11.6 Å². The molecule has 1 aromatic carbocycles.